The van der Waals surface area contributed by atoms with Gasteiger partial charge in [0, 0.05) is 17.7 Å². The SMILES string of the molecule is COc1cc(OC(=O)C(C)C)c2c(=O)c(OC)c(-c3ccc(OC(=O)C(C)(C)C)c(OC)c3)oc2c1. The minimum atomic E-state index is -0.714. The van der Waals surface area contributed by atoms with E-state index in [0.717, 1.165) is 0 Å². The molecule has 9 heteroatoms. The fourth-order valence-corrected chi connectivity index (χ4v) is 3.19. The fraction of sp³-hybridized carbons (Fsp3) is 0.370. The minimum absolute atomic E-state index is 0.00340. The first-order valence-corrected chi connectivity index (χ1v) is 11.3. The van der Waals surface area contributed by atoms with Gasteiger partial charge in [-0.15, -0.1) is 0 Å². The average molecular weight is 499 g/mol. The molecule has 9 nitrogen and oxygen atoms in total. The summed E-state index contributed by atoms with van der Waals surface area (Å²) in [5.74, 6) is -0.555. The Morgan fingerprint density at radius 1 is 0.861 bits per heavy atom. The highest BCUT2D eigenvalue weighted by molar-refractivity contribution is 5.91. The van der Waals surface area contributed by atoms with Crippen molar-refractivity contribution in [2.24, 2.45) is 11.3 Å². The Morgan fingerprint density at radius 2 is 1.56 bits per heavy atom. The van der Waals surface area contributed by atoms with Crippen molar-refractivity contribution in [2.45, 2.75) is 34.6 Å². The lowest BCUT2D eigenvalue weighted by molar-refractivity contribution is -0.143. The van der Waals surface area contributed by atoms with Crippen LogP contribution >= 0.6 is 0 Å². The molecule has 0 unspecified atom stereocenters. The standard InChI is InChI=1S/C27H30O9/c1-14(2)25(29)35-20-13-16(31-6)12-19-21(20)22(28)24(33-8)23(34-19)15-9-10-17(18(11-15)32-7)36-26(30)27(3,4)5/h9-14H,1-8H3. The highest BCUT2D eigenvalue weighted by Gasteiger charge is 2.26. The molecule has 0 aliphatic heterocycles. The lowest BCUT2D eigenvalue weighted by atomic mass is 9.97. The predicted molar refractivity (Wildman–Crippen MR) is 133 cm³/mol. The van der Waals surface area contributed by atoms with Crippen LogP contribution in [0.4, 0.5) is 0 Å². The number of hydrogen-bond acceptors (Lipinski definition) is 9. The molecule has 36 heavy (non-hydrogen) atoms. The molecule has 0 saturated carbocycles. The van der Waals surface area contributed by atoms with Crippen LogP contribution in [-0.2, 0) is 9.59 Å². The molecule has 0 spiro atoms. The Kier molecular flexibility index (Phi) is 7.62. The molecule has 0 atom stereocenters. The number of hydrogen-bond donors (Lipinski definition) is 0. The molecule has 2 aromatic carbocycles. The number of fused-ring (bicyclic) bond motifs is 1. The molecule has 1 aromatic heterocycles. The second kappa shape index (κ2) is 10.3. The van der Waals surface area contributed by atoms with E-state index in [9.17, 15) is 14.4 Å². The number of ether oxygens (including phenoxy) is 5. The third-order valence-electron chi connectivity index (χ3n) is 5.25. The summed E-state index contributed by atoms with van der Waals surface area (Å²) in [6.07, 6.45) is 0. The second-order valence-electron chi connectivity index (χ2n) is 9.37. The zero-order valence-electron chi connectivity index (χ0n) is 21.6. The van der Waals surface area contributed by atoms with E-state index in [1.807, 2.05) is 0 Å². The highest BCUT2D eigenvalue weighted by atomic mass is 16.6. The molecule has 0 aliphatic rings. The van der Waals surface area contributed by atoms with Crippen LogP contribution in [0.3, 0.4) is 0 Å². The zero-order valence-corrected chi connectivity index (χ0v) is 21.6. The van der Waals surface area contributed by atoms with E-state index in [1.165, 1.54) is 33.5 Å². The maximum absolute atomic E-state index is 13.5. The van der Waals surface area contributed by atoms with Crippen LogP contribution in [0.25, 0.3) is 22.3 Å². The van der Waals surface area contributed by atoms with Crippen LogP contribution in [0.5, 0.6) is 28.7 Å². The van der Waals surface area contributed by atoms with Crippen molar-refractivity contribution in [3.63, 3.8) is 0 Å². The van der Waals surface area contributed by atoms with Crippen molar-refractivity contribution in [3.8, 4) is 40.1 Å². The molecule has 0 bridgehead atoms. The zero-order chi connectivity index (χ0) is 26.8. The number of rotatable bonds is 7. The molecule has 0 saturated heterocycles. The number of methoxy groups -OCH3 is 3. The summed E-state index contributed by atoms with van der Waals surface area (Å²) in [7, 11) is 4.21. The van der Waals surface area contributed by atoms with Gasteiger partial charge in [0.2, 0.25) is 11.2 Å². The quantitative estimate of drug-likeness (QED) is 0.328. The van der Waals surface area contributed by atoms with Crippen LogP contribution in [0.1, 0.15) is 34.6 Å². The molecule has 3 aromatic rings. The number of carbonyl (C=O) groups excluding carboxylic acids is 2. The Balaban J connectivity index is 2.21. The minimum Gasteiger partial charge on any atom is -0.496 e. The summed E-state index contributed by atoms with van der Waals surface area (Å²) >= 11 is 0. The van der Waals surface area contributed by atoms with Crippen molar-refractivity contribution in [1.82, 2.24) is 0 Å². The lowest BCUT2D eigenvalue weighted by Crippen LogP contribution is -2.25. The predicted octanol–water partition coefficient (Wildman–Crippen LogP) is 5.00. The van der Waals surface area contributed by atoms with Crippen LogP contribution in [0.15, 0.2) is 39.5 Å². The van der Waals surface area contributed by atoms with E-state index >= 15 is 0 Å². The third kappa shape index (κ3) is 5.30. The molecule has 0 aliphatic carbocycles. The first-order chi connectivity index (χ1) is 16.9. The van der Waals surface area contributed by atoms with Crippen LogP contribution < -0.4 is 29.1 Å². The monoisotopic (exact) mass is 498 g/mol. The van der Waals surface area contributed by atoms with Gasteiger partial charge in [0.1, 0.15) is 22.5 Å². The number of esters is 2. The highest BCUT2D eigenvalue weighted by Crippen LogP contribution is 2.39. The van der Waals surface area contributed by atoms with Gasteiger partial charge in [-0.2, -0.15) is 0 Å². The van der Waals surface area contributed by atoms with Crippen molar-refractivity contribution in [3.05, 3.63) is 40.6 Å². The molecule has 1 heterocycles. The van der Waals surface area contributed by atoms with Crippen molar-refractivity contribution >= 4 is 22.9 Å². The summed E-state index contributed by atoms with van der Waals surface area (Å²) < 4.78 is 33.2. The normalized spacial score (nSPS) is 11.4. The Labute approximate surface area is 208 Å². The van der Waals surface area contributed by atoms with Crippen molar-refractivity contribution < 1.29 is 37.7 Å². The van der Waals surface area contributed by atoms with E-state index < -0.39 is 28.7 Å². The van der Waals surface area contributed by atoms with Crippen LogP contribution in [-0.4, -0.2) is 33.3 Å². The van der Waals surface area contributed by atoms with Gasteiger partial charge < -0.3 is 28.1 Å². The summed E-state index contributed by atoms with van der Waals surface area (Å²) in [5.41, 5.74) is -0.690. The van der Waals surface area contributed by atoms with Crippen molar-refractivity contribution in [2.75, 3.05) is 21.3 Å². The van der Waals surface area contributed by atoms with Gasteiger partial charge >= 0.3 is 11.9 Å². The first-order valence-electron chi connectivity index (χ1n) is 11.3. The topological polar surface area (TPSA) is 110 Å². The van der Waals surface area contributed by atoms with Gasteiger partial charge in [-0.3, -0.25) is 14.4 Å². The molecular weight excluding hydrogens is 468 g/mol. The van der Waals surface area contributed by atoms with E-state index in [-0.39, 0.29) is 39.7 Å². The largest absolute Gasteiger partial charge is 0.496 e. The molecule has 0 N–H and O–H groups in total. The molecule has 0 radical (unpaired) electrons. The molecular formula is C27H30O9. The molecule has 0 amide bonds. The van der Waals surface area contributed by atoms with Gasteiger partial charge in [-0.05, 0) is 39.0 Å². The van der Waals surface area contributed by atoms with E-state index in [0.29, 0.717) is 11.3 Å². The van der Waals surface area contributed by atoms with E-state index in [4.69, 9.17) is 28.1 Å². The number of carbonyl (C=O) groups is 2. The summed E-state index contributed by atoms with van der Waals surface area (Å²) in [4.78, 5) is 38.1. The smallest absolute Gasteiger partial charge is 0.316 e. The third-order valence-corrected chi connectivity index (χ3v) is 5.25. The second-order valence-corrected chi connectivity index (χ2v) is 9.37. The van der Waals surface area contributed by atoms with Gasteiger partial charge in [0.15, 0.2) is 17.3 Å². The van der Waals surface area contributed by atoms with E-state index in [2.05, 4.69) is 0 Å². The van der Waals surface area contributed by atoms with Gasteiger partial charge in [0.25, 0.3) is 0 Å². The van der Waals surface area contributed by atoms with E-state index in [1.54, 1.807) is 52.8 Å². The Hall–Kier alpha value is -4.01. The Morgan fingerprint density at radius 3 is 2.11 bits per heavy atom. The maximum atomic E-state index is 13.5. The van der Waals surface area contributed by atoms with Gasteiger partial charge in [-0.1, -0.05) is 13.8 Å². The fourth-order valence-electron chi connectivity index (χ4n) is 3.19. The number of benzene rings is 2. The van der Waals surface area contributed by atoms with Crippen molar-refractivity contribution in [1.29, 1.82) is 0 Å². The summed E-state index contributed by atoms with van der Waals surface area (Å²) in [5, 5.41) is 0.0353. The van der Waals surface area contributed by atoms with Crippen LogP contribution in [0.2, 0.25) is 0 Å². The average Bonchev–Trinajstić information content (AvgIpc) is 2.82. The van der Waals surface area contributed by atoms with Crippen LogP contribution in [0, 0.1) is 11.3 Å². The maximum Gasteiger partial charge on any atom is 0.316 e. The summed E-state index contributed by atoms with van der Waals surface area (Å²) in [6, 6.07) is 7.68. The first kappa shape index (κ1) is 26.6. The van der Waals surface area contributed by atoms with Gasteiger partial charge in [-0.25, -0.2) is 0 Å². The molecule has 192 valence electrons. The molecule has 0 fully saturated rings. The Bertz CT molecular complexity index is 1360. The summed E-state index contributed by atoms with van der Waals surface area (Å²) in [6.45, 7) is 8.59. The van der Waals surface area contributed by atoms with Gasteiger partial charge in [0.05, 0.1) is 32.7 Å². The lowest BCUT2D eigenvalue weighted by Gasteiger charge is -2.18. The molecule has 3 rings (SSSR count).